The second-order valence-electron chi connectivity index (χ2n) is 3.74. The summed E-state index contributed by atoms with van der Waals surface area (Å²) in [5.41, 5.74) is 3.05. The topological polar surface area (TPSA) is 41.6 Å². The highest BCUT2D eigenvalue weighted by molar-refractivity contribution is 7.71. The molecule has 0 bridgehead atoms. The molecule has 0 amide bonds. The Morgan fingerprint density at radius 1 is 1.06 bits per heavy atom. The Bertz CT molecular complexity index is 734. The number of hydrogen-bond acceptors (Lipinski definition) is 3. The molecule has 1 aromatic carbocycles. The summed E-state index contributed by atoms with van der Waals surface area (Å²) in [6.07, 6.45) is 3.56. The van der Waals surface area contributed by atoms with Crippen LogP contribution in [0, 0.1) is 4.64 Å². The zero-order valence-corrected chi connectivity index (χ0v) is 9.74. The normalized spacial score (nSPS) is 10.6. The van der Waals surface area contributed by atoms with Gasteiger partial charge >= 0.3 is 0 Å². The second kappa shape index (κ2) is 4.07. The summed E-state index contributed by atoms with van der Waals surface area (Å²) in [6, 6.07) is 12.0. The van der Waals surface area contributed by atoms with E-state index in [1.807, 2.05) is 24.3 Å². The Kier molecular flexibility index (Phi) is 2.42. The number of benzene rings is 1. The van der Waals surface area contributed by atoms with Crippen molar-refractivity contribution in [2.45, 2.75) is 0 Å². The number of H-pyrrole nitrogens is 1. The zero-order valence-electron chi connectivity index (χ0n) is 8.92. The quantitative estimate of drug-likeness (QED) is 0.662. The van der Waals surface area contributed by atoms with Gasteiger partial charge in [-0.15, -0.1) is 0 Å². The number of nitrogens with one attached hydrogen (secondary N) is 1. The standard InChI is InChI=1S/C13H9N3S/c17-13-7-11(8-15-16-13)10-4-3-9-2-1-5-14-12(9)6-10/h1-8H,(H,16,17). The third-order valence-corrected chi connectivity index (χ3v) is 2.81. The molecule has 0 saturated heterocycles. The zero-order chi connectivity index (χ0) is 11.7. The van der Waals surface area contributed by atoms with Gasteiger partial charge in [-0.3, -0.25) is 10.1 Å². The summed E-state index contributed by atoms with van der Waals surface area (Å²) in [5, 5.41) is 7.85. The molecule has 0 fully saturated rings. The van der Waals surface area contributed by atoms with Crippen molar-refractivity contribution < 1.29 is 0 Å². The van der Waals surface area contributed by atoms with Gasteiger partial charge in [-0.1, -0.05) is 30.4 Å². The molecule has 3 aromatic rings. The van der Waals surface area contributed by atoms with Crippen molar-refractivity contribution in [3.05, 3.63) is 53.4 Å². The molecule has 3 nitrogen and oxygen atoms in total. The molecule has 4 heteroatoms. The van der Waals surface area contributed by atoms with E-state index in [4.69, 9.17) is 12.2 Å². The van der Waals surface area contributed by atoms with Crippen molar-refractivity contribution in [3.63, 3.8) is 0 Å². The summed E-state index contributed by atoms with van der Waals surface area (Å²) in [7, 11) is 0. The Morgan fingerprint density at radius 2 is 2.00 bits per heavy atom. The summed E-state index contributed by atoms with van der Waals surface area (Å²) in [5.74, 6) is 0. The molecular weight excluding hydrogens is 230 g/mol. The van der Waals surface area contributed by atoms with Gasteiger partial charge in [0.1, 0.15) is 4.64 Å². The molecule has 0 aliphatic carbocycles. The summed E-state index contributed by atoms with van der Waals surface area (Å²) in [4.78, 5) is 4.34. The van der Waals surface area contributed by atoms with Gasteiger partial charge in [0.25, 0.3) is 0 Å². The predicted molar refractivity (Wildman–Crippen MR) is 70.2 cm³/mol. The summed E-state index contributed by atoms with van der Waals surface area (Å²) >= 11 is 5.06. The lowest BCUT2D eigenvalue weighted by Gasteiger charge is -2.02. The van der Waals surface area contributed by atoms with Crippen molar-refractivity contribution >= 4 is 23.1 Å². The average Bonchev–Trinajstić information content (AvgIpc) is 2.38. The highest BCUT2D eigenvalue weighted by atomic mass is 32.1. The lowest BCUT2D eigenvalue weighted by Crippen LogP contribution is -1.85. The molecular formula is C13H9N3S. The Balaban J connectivity index is 2.21. The van der Waals surface area contributed by atoms with E-state index < -0.39 is 0 Å². The third-order valence-electron chi connectivity index (χ3n) is 2.60. The minimum Gasteiger partial charge on any atom is -0.268 e. The van der Waals surface area contributed by atoms with Crippen molar-refractivity contribution in [3.8, 4) is 11.1 Å². The van der Waals surface area contributed by atoms with E-state index in [1.165, 1.54) is 0 Å². The minimum atomic E-state index is 0.628. The van der Waals surface area contributed by atoms with Gasteiger partial charge in [0.05, 0.1) is 11.7 Å². The fraction of sp³-hybridized carbons (Fsp3) is 0. The Hall–Kier alpha value is -2.07. The first-order valence-electron chi connectivity index (χ1n) is 5.23. The molecule has 0 atom stereocenters. The van der Waals surface area contributed by atoms with Crippen LogP contribution in [0.25, 0.3) is 22.0 Å². The number of rotatable bonds is 1. The summed E-state index contributed by atoms with van der Waals surface area (Å²) < 4.78 is 0.628. The van der Waals surface area contributed by atoms with E-state index in [-0.39, 0.29) is 0 Å². The van der Waals surface area contributed by atoms with Crippen molar-refractivity contribution in [2.75, 3.05) is 0 Å². The van der Waals surface area contributed by atoms with Gasteiger partial charge < -0.3 is 0 Å². The molecule has 0 spiro atoms. The summed E-state index contributed by atoms with van der Waals surface area (Å²) in [6.45, 7) is 0. The molecule has 2 aromatic heterocycles. The Labute approximate surface area is 103 Å². The smallest absolute Gasteiger partial charge is 0.120 e. The van der Waals surface area contributed by atoms with E-state index in [1.54, 1.807) is 12.4 Å². The van der Waals surface area contributed by atoms with Gasteiger partial charge in [-0.2, -0.15) is 5.10 Å². The molecule has 2 heterocycles. The third kappa shape index (κ3) is 1.94. The number of nitrogens with zero attached hydrogens (tertiary/aromatic N) is 2. The van der Waals surface area contributed by atoms with Crippen LogP contribution < -0.4 is 0 Å². The predicted octanol–water partition coefficient (Wildman–Crippen LogP) is 3.35. The highest BCUT2D eigenvalue weighted by Crippen LogP contribution is 2.22. The average molecular weight is 239 g/mol. The van der Waals surface area contributed by atoms with E-state index in [0.717, 1.165) is 22.0 Å². The lowest BCUT2D eigenvalue weighted by molar-refractivity contribution is 1.02. The van der Waals surface area contributed by atoms with Crippen LogP contribution in [0.2, 0.25) is 0 Å². The fourth-order valence-electron chi connectivity index (χ4n) is 1.78. The van der Waals surface area contributed by atoms with Crippen LogP contribution >= 0.6 is 12.2 Å². The first-order valence-corrected chi connectivity index (χ1v) is 5.64. The molecule has 0 aliphatic rings. The van der Waals surface area contributed by atoms with Gasteiger partial charge in [-0.05, 0) is 23.8 Å². The van der Waals surface area contributed by atoms with Crippen LogP contribution in [0.4, 0.5) is 0 Å². The number of aromatic amines is 1. The van der Waals surface area contributed by atoms with E-state index in [2.05, 4.69) is 27.3 Å². The van der Waals surface area contributed by atoms with E-state index >= 15 is 0 Å². The van der Waals surface area contributed by atoms with Crippen LogP contribution in [0.3, 0.4) is 0 Å². The molecule has 0 saturated carbocycles. The van der Waals surface area contributed by atoms with Crippen LogP contribution in [0.15, 0.2) is 48.8 Å². The maximum Gasteiger partial charge on any atom is 0.120 e. The van der Waals surface area contributed by atoms with Crippen molar-refractivity contribution in [1.29, 1.82) is 0 Å². The maximum atomic E-state index is 5.06. The first kappa shape index (κ1) is 10.1. The van der Waals surface area contributed by atoms with E-state index in [9.17, 15) is 0 Å². The molecule has 0 radical (unpaired) electrons. The number of pyridine rings is 1. The largest absolute Gasteiger partial charge is 0.268 e. The molecule has 3 rings (SSSR count). The highest BCUT2D eigenvalue weighted by Gasteiger charge is 2.00. The SMILES string of the molecule is S=c1cc(-c2ccc3cccnc3c2)cn[nH]1. The monoisotopic (exact) mass is 239 g/mol. The van der Waals surface area contributed by atoms with E-state index in [0.29, 0.717) is 4.64 Å². The lowest BCUT2D eigenvalue weighted by atomic mass is 10.1. The molecule has 17 heavy (non-hydrogen) atoms. The van der Waals surface area contributed by atoms with Gasteiger partial charge in [0, 0.05) is 17.1 Å². The van der Waals surface area contributed by atoms with Crippen LogP contribution in [-0.4, -0.2) is 15.2 Å². The minimum absolute atomic E-state index is 0.628. The maximum absolute atomic E-state index is 5.06. The molecule has 0 aliphatic heterocycles. The van der Waals surface area contributed by atoms with Crippen molar-refractivity contribution in [1.82, 2.24) is 15.2 Å². The van der Waals surface area contributed by atoms with Gasteiger partial charge in [0.2, 0.25) is 0 Å². The fourth-order valence-corrected chi connectivity index (χ4v) is 1.96. The number of hydrogen-bond donors (Lipinski definition) is 1. The van der Waals surface area contributed by atoms with Crippen molar-refractivity contribution in [2.24, 2.45) is 0 Å². The Morgan fingerprint density at radius 3 is 2.88 bits per heavy atom. The van der Waals surface area contributed by atoms with Gasteiger partial charge in [0.15, 0.2) is 0 Å². The second-order valence-corrected chi connectivity index (χ2v) is 4.18. The van der Waals surface area contributed by atoms with Gasteiger partial charge in [-0.25, -0.2) is 0 Å². The van der Waals surface area contributed by atoms with Crippen LogP contribution in [0.5, 0.6) is 0 Å². The van der Waals surface area contributed by atoms with Crippen LogP contribution in [0.1, 0.15) is 0 Å². The molecule has 82 valence electrons. The first-order chi connectivity index (χ1) is 8.33. The number of aromatic nitrogens is 3. The van der Waals surface area contributed by atoms with Crippen LogP contribution in [-0.2, 0) is 0 Å². The molecule has 0 unspecified atom stereocenters. The molecule has 1 N–H and O–H groups in total. The number of fused-ring (bicyclic) bond motifs is 1.